The average Bonchev–Trinajstić information content (AvgIpc) is 3.17. The van der Waals surface area contributed by atoms with Crippen LogP contribution in [0.3, 0.4) is 0 Å². The number of benzene rings is 3. The predicted molar refractivity (Wildman–Crippen MR) is 140 cm³/mol. The van der Waals surface area contributed by atoms with Gasteiger partial charge in [-0.3, -0.25) is 14.9 Å². The fraction of sp³-hybridized carbons (Fsp3) is 0.143. The molecule has 0 atom stereocenters. The molecule has 1 N–H and O–H groups in total. The first kappa shape index (κ1) is 24.4. The van der Waals surface area contributed by atoms with E-state index in [4.69, 9.17) is 4.74 Å². The average molecular weight is 483 g/mol. The van der Waals surface area contributed by atoms with Crippen LogP contribution >= 0.6 is 0 Å². The Balaban J connectivity index is 1.43. The van der Waals surface area contributed by atoms with E-state index in [1.807, 2.05) is 68.4 Å². The number of hydrazone groups is 1. The molecular weight excluding hydrogens is 456 g/mol. The van der Waals surface area contributed by atoms with Gasteiger partial charge in [0.2, 0.25) is 5.91 Å². The highest BCUT2D eigenvalue weighted by molar-refractivity contribution is 5.85. The van der Waals surface area contributed by atoms with E-state index in [1.165, 1.54) is 12.1 Å². The molecule has 0 radical (unpaired) electrons. The van der Waals surface area contributed by atoms with Gasteiger partial charge in [-0.15, -0.1) is 0 Å². The number of nitrogens with zero attached hydrogens (tertiary/aromatic N) is 3. The lowest BCUT2D eigenvalue weighted by Crippen LogP contribution is -2.19. The van der Waals surface area contributed by atoms with Crippen LogP contribution in [-0.4, -0.2) is 28.7 Å². The van der Waals surface area contributed by atoms with Gasteiger partial charge in [-0.05, 0) is 73.0 Å². The van der Waals surface area contributed by atoms with Crippen molar-refractivity contribution >= 4 is 17.8 Å². The molecule has 1 aromatic heterocycles. The van der Waals surface area contributed by atoms with Gasteiger partial charge in [-0.25, -0.2) is 5.43 Å². The predicted octanol–water partition coefficient (Wildman–Crippen LogP) is 5.37. The quantitative estimate of drug-likeness (QED) is 0.207. The molecule has 0 aliphatic rings. The molecule has 8 heteroatoms. The molecule has 4 rings (SSSR count). The molecule has 4 aromatic rings. The van der Waals surface area contributed by atoms with Crippen LogP contribution in [0.2, 0.25) is 0 Å². The third kappa shape index (κ3) is 5.50. The summed E-state index contributed by atoms with van der Waals surface area (Å²) < 4.78 is 7.24. The van der Waals surface area contributed by atoms with Gasteiger partial charge in [-0.1, -0.05) is 24.3 Å². The maximum atomic E-state index is 12.2. The number of methoxy groups -OCH3 is 1. The molecule has 0 unspecified atom stereocenters. The van der Waals surface area contributed by atoms with Crippen molar-refractivity contribution in [3.05, 3.63) is 111 Å². The number of nitrogens with one attached hydrogen (secondary N) is 1. The molecule has 0 saturated carbocycles. The van der Waals surface area contributed by atoms with Gasteiger partial charge >= 0.3 is 0 Å². The molecular formula is C28H26N4O4. The Kier molecular flexibility index (Phi) is 7.25. The van der Waals surface area contributed by atoms with Crippen molar-refractivity contribution in [2.24, 2.45) is 5.10 Å². The van der Waals surface area contributed by atoms with Crippen molar-refractivity contribution in [1.29, 1.82) is 0 Å². The Morgan fingerprint density at radius 3 is 2.19 bits per heavy atom. The number of carbonyl (C=O) groups excluding carboxylic acids is 1. The summed E-state index contributed by atoms with van der Waals surface area (Å²) in [6.45, 7) is 4.01. The van der Waals surface area contributed by atoms with Crippen LogP contribution < -0.4 is 10.2 Å². The number of ether oxygens (including phenoxy) is 1. The van der Waals surface area contributed by atoms with E-state index < -0.39 is 4.92 Å². The van der Waals surface area contributed by atoms with E-state index in [0.29, 0.717) is 0 Å². The summed E-state index contributed by atoms with van der Waals surface area (Å²) in [6.07, 6.45) is 1.87. The fourth-order valence-electron chi connectivity index (χ4n) is 4.04. The summed E-state index contributed by atoms with van der Waals surface area (Å²) in [5.41, 5.74) is 9.31. The Labute approximate surface area is 209 Å². The molecule has 0 aliphatic carbocycles. The summed E-state index contributed by atoms with van der Waals surface area (Å²) in [4.78, 5) is 22.7. The van der Waals surface area contributed by atoms with Crippen LogP contribution in [0.5, 0.6) is 5.75 Å². The van der Waals surface area contributed by atoms with E-state index in [9.17, 15) is 14.9 Å². The number of aryl methyl sites for hydroxylation is 1. The number of nitro groups is 1. The SMILES string of the molecule is COc1ccc(CC(=O)N/N=C/c2cc(C)n(-c3ccc(-c4ccc([N+](=O)[O-])cc4)cc3)c2C)cc1. The number of hydrogen-bond donors (Lipinski definition) is 1. The first-order valence-electron chi connectivity index (χ1n) is 11.3. The van der Waals surface area contributed by atoms with E-state index in [0.717, 1.165) is 45.1 Å². The Hall–Kier alpha value is -4.72. The highest BCUT2D eigenvalue weighted by atomic mass is 16.6. The summed E-state index contributed by atoms with van der Waals surface area (Å²) in [5.74, 6) is 0.542. The van der Waals surface area contributed by atoms with Crippen molar-refractivity contribution in [1.82, 2.24) is 9.99 Å². The molecule has 0 saturated heterocycles. The minimum absolute atomic E-state index is 0.0695. The van der Waals surface area contributed by atoms with Gasteiger partial charge in [0, 0.05) is 34.8 Å². The summed E-state index contributed by atoms with van der Waals surface area (Å²) >= 11 is 0. The van der Waals surface area contributed by atoms with Crippen LogP contribution in [0.25, 0.3) is 16.8 Å². The van der Waals surface area contributed by atoms with Crippen LogP contribution in [0.4, 0.5) is 5.69 Å². The second-order valence-electron chi connectivity index (χ2n) is 8.33. The van der Waals surface area contributed by atoms with Crippen molar-refractivity contribution in [2.75, 3.05) is 7.11 Å². The molecule has 0 fully saturated rings. The van der Waals surface area contributed by atoms with Crippen LogP contribution in [0.15, 0.2) is 84.0 Å². The standard InChI is InChI=1S/C28H26N4O4/c1-19-16-24(18-29-30-28(33)17-21-4-14-27(36-3)15-5-21)20(2)31(19)25-10-6-22(7-11-25)23-8-12-26(13-9-23)32(34)35/h4-16,18H,17H2,1-3H3,(H,30,33)/b29-18+. The number of carbonyl (C=O) groups is 1. The van der Waals surface area contributed by atoms with Crippen molar-refractivity contribution in [3.8, 4) is 22.6 Å². The molecule has 8 nitrogen and oxygen atoms in total. The zero-order valence-corrected chi connectivity index (χ0v) is 20.3. The number of rotatable bonds is 8. The molecule has 0 spiro atoms. The number of hydrogen-bond acceptors (Lipinski definition) is 5. The number of nitro benzene ring substituents is 1. The lowest BCUT2D eigenvalue weighted by Gasteiger charge is -2.11. The molecule has 182 valence electrons. The number of non-ortho nitro benzene ring substituents is 1. The molecule has 36 heavy (non-hydrogen) atoms. The van der Waals surface area contributed by atoms with Gasteiger partial charge in [0.15, 0.2) is 0 Å². The molecule has 0 aliphatic heterocycles. The van der Waals surface area contributed by atoms with E-state index in [-0.39, 0.29) is 18.0 Å². The maximum absolute atomic E-state index is 12.2. The first-order chi connectivity index (χ1) is 17.4. The topological polar surface area (TPSA) is 98.8 Å². The minimum atomic E-state index is -0.405. The van der Waals surface area contributed by atoms with Crippen molar-refractivity contribution < 1.29 is 14.5 Å². The smallest absolute Gasteiger partial charge is 0.269 e. The zero-order valence-electron chi connectivity index (χ0n) is 20.3. The number of amides is 1. The molecule has 0 bridgehead atoms. The third-order valence-corrected chi connectivity index (χ3v) is 5.92. The van der Waals surface area contributed by atoms with E-state index in [1.54, 1.807) is 25.5 Å². The van der Waals surface area contributed by atoms with Crippen LogP contribution in [0.1, 0.15) is 22.5 Å². The molecule has 1 amide bonds. The van der Waals surface area contributed by atoms with Gasteiger partial charge in [0.05, 0.1) is 24.7 Å². The molecule has 3 aromatic carbocycles. The first-order valence-corrected chi connectivity index (χ1v) is 11.3. The summed E-state index contributed by atoms with van der Waals surface area (Å²) in [6, 6.07) is 23.8. The second kappa shape index (κ2) is 10.7. The minimum Gasteiger partial charge on any atom is -0.497 e. The van der Waals surface area contributed by atoms with Gasteiger partial charge in [0.1, 0.15) is 5.75 Å². The van der Waals surface area contributed by atoms with E-state index in [2.05, 4.69) is 15.1 Å². The Bertz CT molecular complexity index is 1400. The maximum Gasteiger partial charge on any atom is 0.269 e. The third-order valence-electron chi connectivity index (χ3n) is 5.92. The Morgan fingerprint density at radius 2 is 1.61 bits per heavy atom. The van der Waals surface area contributed by atoms with Crippen molar-refractivity contribution in [2.45, 2.75) is 20.3 Å². The molecule has 1 heterocycles. The van der Waals surface area contributed by atoms with Gasteiger partial charge in [0.25, 0.3) is 5.69 Å². The summed E-state index contributed by atoms with van der Waals surface area (Å²) in [5, 5.41) is 15.0. The van der Waals surface area contributed by atoms with Crippen LogP contribution in [0, 0.1) is 24.0 Å². The Morgan fingerprint density at radius 1 is 1.00 bits per heavy atom. The largest absolute Gasteiger partial charge is 0.497 e. The normalized spacial score (nSPS) is 11.0. The highest BCUT2D eigenvalue weighted by Crippen LogP contribution is 2.26. The number of aromatic nitrogens is 1. The lowest BCUT2D eigenvalue weighted by atomic mass is 10.0. The highest BCUT2D eigenvalue weighted by Gasteiger charge is 2.11. The van der Waals surface area contributed by atoms with Gasteiger partial charge < -0.3 is 9.30 Å². The van der Waals surface area contributed by atoms with E-state index >= 15 is 0 Å². The summed E-state index contributed by atoms with van der Waals surface area (Å²) in [7, 11) is 1.60. The fourth-order valence-corrected chi connectivity index (χ4v) is 4.04. The lowest BCUT2D eigenvalue weighted by molar-refractivity contribution is -0.384. The second-order valence-corrected chi connectivity index (χ2v) is 8.33. The zero-order chi connectivity index (χ0) is 25.7. The van der Waals surface area contributed by atoms with Gasteiger partial charge in [-0.2, -0.15) is 5.10 Å². The monoisotopic (exact) mass is 482 g/mol. The van der Waals surface area contributed by atoms with Crippen LogP contribution in [-0.2, 0) is 11.2 Å². The van der Waals surface area contributed by atoms with Crippen molar-refractivity contribution in [3.63, 3.8) is 0 Å².